The molecule has 0 aromatic carbocycles. The zero-order chi connectivity index (χ0) is 22.5. The molecular weight excluding hydrogens is 432 g/mol. The number of nitrogens with zero attached hydrogens (tertiary/aromatic N) is 5. The van der Waals surface area contributed by atoms with Crippen LogP contribution in [-0.4, -0.2) is 76.2 Å². The molecule has 9 nitrogen and oxygen atoms in total. The van der Waals surface area contributed by atoms with Gasteiger partial charge in [0.1, 0.15) is 11.3 Å². The zero-order valence-corrected chi connectivity index (χ0v) is 19.2. The first kappa shape index (κ1) is 21.2. The van der Waals surface area contributed by atoms with E-state index in [1.807, 2.05) is 23.4 Å². The van der Waals surface area contributed by atoms with Gasteiger partial charge in [-0.2, -0.15) is 10.2 Å². The summed E-state index contributed by atoms with van der Waals surface area (Å²) in [5.74, 6) is 0.759. The van der Waals surface area contributed by atoms with Gasteiger partial charge in [0, 0.05) is 56.3 Å². The number of methoxy groups -OCH3 is 2. The Balaban J connectivity index is 1.35. The fraction of sp³-hybridized carbons (Fsp3) is 0.500. The van der Waals surface area contributed by atoms with E-state index in [4.69, 9.17) is 26.2 Å². The zero-order valence-electron chi connectivity index (χ0n) is 18.5. The van der Waals surface area contributed by atoms with Gasteiger partial charge >= 0.3 is 0 Å². The number of likely N-dealkylation sites (tertiary alicyclic amines) is 1. The summed E-state index contributed by atoms with van der Waals surface area (Å²) in [5, 5.41) is 12.7. The number of aromatic nitrogens is 4. The Kier molecular flexibility index (Phi) is 5.35. The molecule has 3 aromatic rings. The van der Waals surface area contributed by atoms with Crippen molar-refractivity contribution in [2.75, 3.05) is 40.4 Å². The highest BCUT2D eigenvalue weighted by molar-refractivity contribution is 6.34. The average Bonchev–Trinajstić information content (AvgIpc) is 3.35. The molecule has 0 saturated carbocycles. The maximum atomic E-state index is 12.9. The minimum atomic E-state index is -0.686. The van der Waals surface area contributed by atoms with Crippen LogP contribution in [0.25, 0.3) is 16.6 Å². The van der Waals surface area contributed by atoms with Crippen LogP contribution in [0, 0.1) is 6.92 Å². The van der Waals surface area contributed by atoms with E-state index in [2.05, 4.69) is 22.0 Å². The van der Waals surface area contributed by atoms with Crippen molar-refractivity contribution in [3.8, 4) is 16.9 Å². The Morgan fingerprint density at radius 2 is 1.97 bits per heavy atom. The van der Waals surface area contributed by atoms with E-state index in [0.29, 0.717) is 37.0 Å². The number of hydrogen-bond donors (Lipinski definition) is 1. The lowest BCUT2D eigenvalue weighted by Crippen LogP contribution is -2.69. The first-order valence-electron chi connectivity index (χ1n) is 10.8. The number of amides is 1. The smallest absolute Gasteiger partial charge is 0.257 e. The molecule has 5 heterocycles. The second-order valence-electron chi connectivity index (χ2n) is 8.50. The van der Waals surface area contributed by atoms with Gasteiger partial charge < -0.3 is 19.7 Å². The van der Waals surface area contributed by atoms with Crippen molar-refractivity contribution >= 4 is 23.0 Å². The standard InChI is InChI=1S/C22H27ClN6O3/c1-14-17(15-8-19(31-2)20-18(23)10-25-28(20)11-15)9-26-29(14)16-4-6-27(7-5-16)21(30)22(32-3)12-24-13-22/h8-11,16,24H,4-7,12-13H2,1-3H3. The summed E-state index contributed by atoms with van der Waals surface area (Å²) in [5.41, 5.74) is 3.12. The third-order valence-corrected chi connectivity index (χ3v) is 7.08. The summed E-state index contributed by atoms with van der Waals surface area (Å²) in [6.45, 7) is 4.65. The molecule has 0 unspecified atom stereocenters. The van der Waals surface area contributed by atoms with Crippen LogP contribution >= 0.6 is 11.6 Å². The lowest BCUT2D eigenvalue weighted by molar-refractivity contribution is -0.162. The predicted molar refractivity (Wildman–Crippen MR) is 120 cm³/mol. The summed E-state index contributed by atoms with van der Waals surface area (Å²) in [4.78, 5) is 14.8. The molecule has 0 bridgehead atoms. The normalized spacial score (nSPS) is 18.7. The predicted octanol–water partition coefficient (Wildman–Crippen LogP) is 2.32. The fourth-order valence-corrected chi connectivity index (χ4v) is 4.99. The van der Waals surface area contributed by atoms with Gasteiger partial charge in [0.15, 0.2) is 5.60 Å². The summed E-state index contributed by atoms with van der Waals surface area (Å²) in [6, 6.07) is 2.21. The average molecular weight is 459 g/mol. The number of ether oxygens (including phenoxy) is 2. The van der Waals surface area contributed by atoms with Crippen LogP contribution in [0.15, 0.2) is 24.7 Å². The second kappa shape index (κ2) is 8.06. The van der Waals surface area contributed by atoms with E-state index < -0.39 is 5.60 Å². The minimum absolute atomic E-state index is 0.0911. The van der Waals surface area contributed by atoms with Gasteiger partial charge in [-0.25, -0.2) is 4.52 Å². The first-order valence-corrected chi connectivity index (χ1v) is 11.2. The van der Waals surface area contributed by atoms with Gasteiger partial charge in [-0.1, -0.05) is 11.6 Å². The molecule has 5 rings (SSSR count). The van der Waals surface area contributed by atoms with Crippen LogP contribution in [0.4, 0.5) is 0 Å². The summed E-state index contributed by atoms with van der Waals surface area (Å²) in [7, 11) is 3.24. The minimum Gasteiger partial charge on any atom is -0.494 e. The van der Waals surface area contributed by atoms with Gasteiger partial charge in [-0.15, -0.1) is 0 Å². The largest absolute Gasteiger partial charge is 0.494 e. The molecule has 1 N–H and O–H groups in total. The molecule has 3 aromatic heterocycles. The molecule has 0 spiro atoms. The molecule has 32 heavy (non-hydrogen) atoms. The lowest BCUT2D eigenvalue weighted by atomic mass is 9.93. The van der Waals surface area contributed by atoms with Crippen molar-refractivity contribution in [2.24, 2.45) is 0 Å². The van der Waals surface area contributed by atoms with Crippen LogP contribution in [0.5, 0.6) is 5.75 Å². The number of carbonyl (C=O) groups is 1. The van der Waals surface area contributed by atoms with Crippen molar-refractivity contribution in [1.82, 2.24) is 29.6 Å². The van der Waals surface area contributed by atoms with Gasteiger partial charge in [-0.05, 0) is 25.8 Å². The molecule has 2 aliphatic rings. The summed E-state index contributed by atoms with van der Waals surface area (Å²) >= 11 is 6.26. The number of hydrogen-bond acceptors (Lipinski definition) is 6. The number of piperidine rings is 1. The van der Waals surface area contributed by atoms with E-state index in [0.717, 1.165) is 35.2 Å². The number of halogens is 1. The van der Waals surface area contributed by atoms with E-state index in [-0.39, 0.29) is 11.9 Å². The van der Waals surface area contributed by atoms with Gasteiger partial charge in [0.05, 0.1) is 30.6 Å². The third kappa shape index (κ3) is 3.27. The van der Waals surface area contributed by atoms with E-state index >= 15 is 0 Å². The molecule has 0 aliphatic carbocycles. The molecule has 170 valence electrons. The highest BCUT2D eigenvalue weighted by atomic mass is 35.5. The second-order valence-corrected chi connectivity index (χ2v) is 8.90. The van der Waals surface area contributed by atoms with Crippen LogP contribution in [0.1, 0.15) is 24.6 Å². The maximum Gasteiger partial charge on any atom is 0.257 e. The lowest BCUT2D eigenvalue weighted by Gasteiger charge is -2.44. The van der Waals surface area contributed by atoms with E-state index in [9.17, 15) is 4.79 Å². The van der Waals surface area contributed by atoms with Crippen LogP contribution in [0.3, 0.4) is 0 Å². The molecular formula is C22H27ClN6O3. The van der Waals surface area contributed by atoms with Crippen LogP contribution in [0.2, 0.25) is 5.02 Å². The maximum absolute atomic E-state index is 12.9. The Morgan fingerprint density at radius 1 is 1.22 bits per heavy atom. The third-order valence-electron chi connectivity index (χ3n) is 6.81. The SMILES string of the molecule is COc1cc(-c2cnn(C3CCN(C(=O)C4(OC)CNC4)CC3)c2C)cn2ncc(Cl)c12. The number of carbonyl (C=O) groups excluding carboxylic acids is 1. The Bertz CT molecular complexity index is 1150. The summed E-state index contributed by atoms with van der Waals surface area (Å²) in [6.07, 6.45) is 7.16. The highest BCUT2D eigenvalue weighted by Gasteiger charge is 2.47. The van der Waals surface area contributed by atoms with Gasteiger partial charge in [0.2, 0.25) is 0 Å². The quantitative estimate of drug-likeness (QED) is 0.631. The van der Waals surface area contributed by atoms with Crippen molar-refractivity contribution < 1.29 is 14.3 Å². The van der Waals surface area contributed by atoms with Crippen molar-refractivity contribution in [2.45, 2.75) is 31.4 Å². The number of rotatable bonds is 5. The van der Waals surface area contributed by atoms with Crippen molar-refractivity contribution in [3.63, 3.8) is 0 Å². The van der Waals surface area contributed by atoms with E-state index in [1.165, 1.54) is 0 Å². The number of nitrogens with one attached hydrogen (secondary N) is 1. The van der Waals surface area contributed by atoms with Crippen molar-refractivity contribution in [3.05, 3.63) is 35.4 Å². The first-order chi connectivity index (χ1) is 15.5. The Hall–Kier alpha value is -2.62. The van der Waals surface area contributed by atoms with Crippen LogP contribution < -0.4 is 10.1 Å². The Morgan fingerprint density at radius 3 is 2.59 bits per heavy atom. The van der Waals surface area contributed by atoms with Gasteiger partial charge in [0.25, 0.3) is 5.91 Å². The monoisotopic (exact) mass is 458 g/mol. The van der Waals surface area contributed by atoms with Gasteiger partial charge in [-0.3, -0.25) is 9.48 Å². The molecule has 2 aliphatic heterocycles. The topological polar surface area (TPSA) is 85.9 Å². The number of pyridine rings is 1. The Labute approximate surface area is 191 Å². The van der Waals surface area contributed by atoms with Crippen molar-refractivity contribution in [1.29, 1.82) is 0 Å². The van der Waals surface area contributed by atoms with Crippen LogP contribution in [-0.2, 0) is 9.53 Å². The molecule has 0 atom stereocenters. The molecule has 2 saturated heterocycles. The molecule has 1 amide bonds. The number of fused-ring (bicyclic) bond motifs is 1. The molecule has 10 heteroatoms. The molecule has 2 fully saturated rings. The molecule has 0 radical (unpaired) electrons. The highest BCUT2D eigenvalue weighted by Crippen LogP contribution is 2.35. The van der Waals surface area contributed by atoms with E-state index in [1.54, 1.807) is 24.9 Å². The fourth-order valence-electron chi connectivity index (χ4n) is 4.76. The summed E-state index contributed by atoms with van der Waals surface area (Å²) < 4.78 is 14.9.